The number of benzene rings is 1. The summed E-state index contributed by atoms with van der Waals surface area (Å²) in [6, 6.07) is 4.21. The van der Waals surface area contributed by atoms with Crippen LogP contribution >= 0.6 is 0 Å². The molecule has 0 atom stereocenters. The Morgan fingerprint density at radius 3 is 2.62 bits per heavy atom. The Labute approximate surface area is 118 Å². The second kappa shape index (κ2) is 4.75. The zero-order chi connectivity index (χ0) is 15.2. The van der Waals surface area contributed by atoms with E-state index in [4.69, 9.17) is 5.11 Å². The van der Waals surface area contributed by atoms with Gasteiger partial charge in [-0.2, -0.15) is 13.2 Å². The number of aromatic nitrogens is 2. The lowest BCUT2D eigenvalue weighted by molar-refractivity contribution is -0.147. The lowest BCUT2D eigenvalue weighted by atomic mass is 9.85. The number of carboxylic acids is 1. The highest BCUT2D eigenvalue weighted by Gasteiger charge is 2.39. The van der Waals surface area contributed by atoms with E-state index in [0.717, 1.165) is 23.8 Å². The number of para-hydroxylation sites is 1. The lowest BCUT2D eigenvalue weighted by Gasteiger charge is -2.26. The monoisotopic (exact) mass is 298 g/mol. The molecule has 0 aliphatic heterocycles. The molecular weight excluding hydrogens is 285 g/mol. The fourth-order valence-electron chi connectivity index (χ4n) is 2.65. The predicted molar refractivity (Wildman–Crippen MR) is 69.0 cm³/mol. The smallest absolute Gasteiger partial charge is 0.449 e. The fourth-order valence-corrected chi connectivity index (χ4v) is 2.65. The topological polar surface area (TPSA) is 55.1 Å². The van der Waals surface area contributed by atoms with Gasteiger partial charge in [-0.25, -0.2) is 9.78 Å². The Hall–Kier alpha value is -2.05. The third-order valence-electron chi connectivity index (χ3n) is 3.93. The quantitative estimate of drug-likeness (QED) is 0.942. The number of hydrogen-bond donors (Lipinski definition) is 1. The van der Waals surface area contributed by atoms with Crippen molar-refractivity contribution in [1.29, 1.82) is 0 Å². The van der Waals surface area contributed by atoms with Crippen molar-refractivity contribution in [3.63, 3.8) is 0 Å². The Morgan fingerprint density at radius 1 is 1.38 bits per heavy atom. The third-order valence-corrected chi connectivity index (χ3v) is 3.93. The minimum Gasteiger partial charge on any atom is -0.478 e. The summed E-state index contributed by atoms with van der Waals surface area (Å²) in [6.07, 6.45) is -1.78. The number of nitrogens with zero attached hydrogens (tertiary/aromatic N) is 2. The van der Waals surface area contributed by atoms with Crippen molar-refractivity contribution in [2.45, 2.75) is 32.0 Å². The van der Waals surface area contributed by atoms with Crippen molar-refractivity contribution >= 4 is 17.0 Å². The van der Waals surface area contributed by atoms with E-state index in [9.17, 15) is 18.0 Å². The van der Waals surface area contributed by atoms with Crippen molar-refractivity contribution in [3.8, 4) is 0 Å². The molecular formula is C14H13F3N2O2. The van der Waals surface area contributed by atoms with E-state index >= 15 is 0 Å². The first kappa shape index (κ1) is 13.9. The van der Waals surface area contributed by atoms with Gasteiger partial charge in [0, 0.05) is 6.54 Å². The molecule has 1 fully saturated rings. The van der Waals surface area contributed by atoms with Crippen LogP contribution in [-0.2, 0) is 12.7 Å². The van der Waals surface area contributed by atoms with E-state index in [0.29, 0.717) is 0 Å². The molecule has 21 heavy (non-hydrogen) atoms. The molecule has 3 rings (SSSR count). The normalized spacial score (nSPS) is 16.1. The fraction of sp³-hybridized carbons (Fsp3) is 0.429. The first-order chi connectivity index (χ1) is 9.88. The van der Waals surface area contributed by atoms with Crippen LogP contribution in [0.25, 0.3) is 11.0 Å². The number of carbonyl (C=O) groups is 1. The van der Waals surface area contributed by atoms with Crippen LogP contribution in [0.1, 0.15) is 35.4 Å². The van der Waals surface area contributed by atoms with E-state index < -0.39 is 18.0 Å². The average molecular weight is 298 g/mol. The summed E-state index contributed by atoms with van der Waals surface area (Å²) in [5, 5.41) is 9.09. The number of hydrogen-bond acceptors (Lipinski definition) is 2. The largest absolute Gasteiger partial charge is 0.478 e. The van der Waals surface area contributed by atoms with Gasteiger partial charge in [0.15, 0.2) is 0 Å². The van der Waals surface area contributed by atoms with Gasteiger partial charge in [-0.05, 0) is 30.9 Å². The van der Waals surface area contributed by atoms with Crippen LogP contribution in [0.4, 0.5) is 13.2 Å². The van der Waals surface area contributed by atoms with E-state index in [1.807, 2.05) is 0 Å². The van der Waals surface area contributed by atoms with E-state index in [1.165, 1.54) is 18.2 Å². The van der Waals surface area contributed by atoms with Crippen LogP contribution in [0.3, 0.4) is 0 Å². The molecule has 112 valence electrons. The van der Waals surface area contributed by atoms with Gasteiger partial charge in [0.25, 0.3) is 0 Å². The summed E-state index contributed by atoms with van der Waals surface area (Å²) >= 11 is 0. The van der Waals surface area contributed by atoms with Gasteiger partial charge in [0.1, 0.15) is 5.52 Å². The third kappa shape index (κ3) is 2.36. The van der Waals surface area contributed by atoms with Crippen LogP contribution in [0, 0.1) is 5.92 Å². The molecule has 1 aliphatic rings. The lowest BCUT2D eigenvalue weighted by Crippen LogP contribution is -2.22. The molecule has 0 unspecified atom stereocenters. The van der Waals surface area contributed by atoms with Crippen LogP contribution < -0.4 is 0 Å². The molecule has 1 aliphatic carbocycles. The number of fused-ring (bicyclic) bond motifs is 1. The van der Waals surface area contributed by atoms with Gasteiger partial charge >= 0.3 is 12.1 Å². The van der Waals surface area contributed by atoms with Crippen molar-refractivity contribution in [2.75, 3.05) is 0 Å². The maximum Gasteiger partial charge on any atom is 0.449 e. The number of alkyl halides is 3. The zero-order valence-corrected chi connectivity index (χ0v) is 11.0. The van der Waals surface area contributed by atoms with Gasteiger partial charge in [-0.3, -0.25) is 0 Å². The predicted octanol–water partition coefficient (Wildman–Crippen LogP) is 3.55. The highest BCUT2D eigenvalue weighted by molar-refractivity contribution is 6.01. The molecule has 0 bridgehead atoms. The van der Waals surface area contributed by atoms with Gasteiger partial charge in [-0.15, -0.1) is 0 Å². The standard InChI is InChI=1S/C14H13F3N2O2/c15-14(16,17)13-18-11-9(12(20)21)5-2-6-10(11)19(13)7-8-3-1-4-8/h2,5-6,8H,1,3-4,7H2,(H,20,21). The number of rotatable bonds is 3. The molecule has 1 aromatic heterocycles. The van der Waals surface area contributed by atoms with Gasteiger partial charge < -0.3 is 9.67 Å². The Balaban J connectivity index is 2.20. The van der Waals surface area contributed by atoms with Gasteiger partial charge in [0.2, 0.25) is 5.82 Å². The van der Waals surface area contributed by atoms with E-state index in [1.54, 1.807) is 0 Å². The Kier molecular flexibility index (Phi) is 3.15. The first-order valence-corrected chi connectivity index (χ1v) is 6.67. The molecule has 1 N–H and O–H groups in total. The number of carboxylic acid groups (broad SMARTS) is 1. The summed E-state index contributed by atoms with van der Waals surface area (Å²) in [4.78, 5) is 14.7. The SMILES string of the molecule is O=C(O)c1cccc2c1nc(C(F)(F)F)n2CC1CCC1. The molecule has 1 heterocycles. The van der Waals surface area contributed by atoms with Crippen LogP contribution in [0.2, 0.25) is 0 Å². The first-order valence-electron chi connectivity index (χ1n) is 6.67. The van der Waals surface area contributed by atoms with Crippen LogP contribution in [0.5, 0.6) is 0 Å². The molecule has 0 amide bonds. The molecule has 0 radical (unpaired) electrons. The molecule has 0 spiro atoms. The molecule has 0 saturated heterocycles. The van der Waals surface area contributed by atoms with Crippen molar-refractivity contribution < 1.29 is 23.1 Å². The van der Waals surface area contributed by atoms with Gasteiger partial charge in [0.05, 0.1) is 11.1 Å². The molecule has 1 saturated carbocycles. The minimum absolute atomic E-state index is 0.100. The Bertz CT molecular complexity index is 702. The molecule has 4 nitrogen and oxygen atoms in total. The highest BCUT2D eigenvalue weighted by atomic mass is 19.4. The minimum atomic E-state index is -4.60. The van der Waals surface area contributed by atoms with Crippen LogP contribution in [-0.4, -0.2) is 20.6 Å². The molecule has 7 heteroatoms. The second-order valence-electron chi connectivity index (χ2n) is 5.32. The van der Waals surface area contributed by atoms with Crippen LogP contribution in [0.15, 0.2) is 18.2 Å². The summed E-state index contributed by atoms with van der Waals surface area (Å²) in [6.45, 7) is 0.231. The molecule has 1 aromatic carbocycles. The second-order valence-corrected chi connectivity index (χ2v) is 5.32. The summed E-state index contributed by atoms with van der Waals surface area (Å²) in [5.41, 5.74) is -0.0730. The zero-order valence-electron chi connectivity index (χ0n) is 11.0. The maximum absolute atomic E-state index is 13.2. The maximum atomic E-state index is 13.2. The summed E-state index contributed by atoms with van der Waals surface area (Å²) < 4.78 is 40.6. The van der Waals surface area contributed by atoms with Crippen molar-refractivity contribution in [1.82, 2.24) is 9.55 Å². The van der Waals surface area contributed by atoms with Gasteiger partial charge in [-0.1, -0.05) is 12.5 Å². The number of aromatic carboxylic acids is 1. The Morgan fingerprint density at radius 2 is 2.10 bits per heavy atom. The average Bonchev–Trinajstić information content (AvgIpc) is 2.71. The molecule has 2 aromatic rings. The van der Waals surface area contributed by atoms with Crippen molar-refractivity contribution in [2.24, 2.45) is 5.92 Å². The van der Waals surface area contributed by atoms with Crippen molar-refractivity contribution in [3.05, 3.63) is 29.6 Å². The number of halogens is 3. The highest BCUT2D eigenvalue weighted by Crippen LogP contribution is 2.36. The van der Waals surface area contributed by atoms with E-state index in [-0.39, 0.29) is 29.1 Å². The summed E-state index contributed by atoms with van der Waals surface area (Å²) in [7, 11) is 0. The number of imidazole rings is 1. The summed E-state index contributed by atoms with van der Waals surface area (Å²) in [5.74, 6) is -2.09. The van der Waals surface area contributed by atoms with E-state index in [2.05, 4.69) is 4.98 Å².